The molecule has 2 aliphatic rings. The summed E-state index contributed by atoms with van der Waals surface area (Å²) in [6.07, 6.45) is 0.729. The summed E-state index contributed by atoms with van der Waals surface area (Å²) in [5, 5.41) is 11.1. The number of non-ortho nitro benzene ring substituents is 1. The molecule has 0 unspecified atom stereocenters. The lowest BCUT2D eigenvalue weighted by Gasteiger charge is -2.31. The zero-order chi connectivity index (χ0) is 23.8. The Morgan fingerprint density at radius 1 is 0.882 bits per heavy atom. The van der Waals surface area contributed by atoms with Crippen LogP contribution in [0.15, 0.2) is 78.5 Å². The Kier molecular flexibility index (Phi) is 5.41. The number of carbonyl (C=O) groups is 2. The van der Waals surface area contributed by atoms with E-state index in [4.69, 9.17) is 0 Å². The SMILES string of the molecule is O=C1C(c2ccc([N+](=O)[O-])cc2)=C(N2CCc3ccccc3C2)C(=O)N1Cc1ccc(F)cc1. The molecule has 2 amide bonds. The second-order valence-electron chi connectivity index (χ2n) is 8.29. The first-order chi connectivity index (χ1) is 16.4. The lowest BCUT2D eigenvalue weighted by atomic mass is 9.98. The fraction of sp³-hybridized carbons (Fsp3) is 0.154. The molecule has 0 atom stereocenters. The molecule has 0 fully saturated rings. The minimum absolute atomic E-state index is 0.00234. The predicted octanol–water partition coefficient (Wildman–Crippen LogP) is 4.07. The lowest BCUT2D eigenvalue weighted by Crippen LogP contribution is -2.37. The standard InChI is InChI=1S/C26H20FN3O4/c27-21-9-5-17(6-10-21)15-29-25(31)23(19-7-11-22(12-8-19)30(33)34)24(26(29)32)28-14-13-18-3-1-2-4-20(18)16-28/h1-12H,13-16H2. The molecule has 7 nitrogen and oxygen atoms in total. The van der Waals surface area contributed by atoms with E-state index in [9.17, 15) is 24.1 Å². The zero-order valence-corrected chi connectivity index (χ0v) is 18.1. The van der Waals surface area contributed by atoms with E-state index in [2.05, 4.69) is 6.07 Å². The van der Waals surface area contributed by atoms with Crippen LogP contribution >= 0.6 is 0 Å². The highest BCUT2D eigenvalue weighted by Gasteiger charge is 2.42. The van der Waals surface area contributed by atoms with Gasteiger partial charge in [0, 0.05) is 25.2 Å². The molecule has 0 spiro atoms. The molecule has 3 aromatic carbocycles. The summed E-state index contributed by atoms with van der Waals surface area (Å²) < 4.78 is 13.3. The van der Waals surface area contributed by atoms with Crippen molar-refractivity contribution in [2.45, 2.75) is 19.5 Å². The Bertz CT molecular complexity index is 1330. The van der Waals surface area contributed by atoms with Gasteiger partial charge in [0.1, 0.15) is 11.5 Å². The number of halogens is 1. The minimum Gasteiger partial charge on any atom is -0.362 e. The van der Waals surface area contributed by atoms with Crippen molar-refractivity contribution in [2.24, 2.45) is 0 Å². The molecule has 0 radical (unpaired) electrons. The molecule has 0 aromatic heterocycles. The first kappa shape index (κ1) is 21.5. The molecule has 5 rings (SSSR count). The fourth-order valence-corrected chi connectivity index (χ4v) is 4.47. The molecular weight excluding hydrogens is 437 g/mol. The van der Waals surface area contributed by atoms with E-state index < -0.39 is 22.6 Å². The summed E-state index contributed by atoms with van der Waals surface area (Å²) in [4.78, 5) is 40.7. The van der Waals surface area contributed by atoms with Crippen LogP contribution in [0.2, 0.25) is 0 Å². The molecule has 2 aliphatic heterocycles. The monoisotopic (exact) mass is 457 g/mol. The van der Waals surface area contributed by atoms with E-state index in [1.54, 1.807) is 0 Å². The Hall–Kier alpha value is -4.33. The van der Waals surface area contributed by atoms with Crippen LogP contribution in [0.25, 0.3) is 5.57 Å². The highest BCUT2D eigenvalue weighted by molar-refractivity contribution is 6.35. The van der Waals surface area contributed by atoms with Gasteiger partial charge in [0.2, 0.25) is 0 Å². The van der Waals surface area contributed by atoms with E-state index in [1.165, 1.54) is 54.1 Å². The van der Waals surface area contributed by atoms with E-state index in [-0.39, 0.29) is 23.5 Å². The van der Waals surface area contributed by atoms with Crippen LogP contribution in [0.3, 0.4) is 0 Å². The van der Waals surface area contributed by atoms with Crippen molar-refractivity contribution in [1.82, 2.24) is 9.80 Å². The fourth-order valence-electron chi connectivity index (χ4n) is 4.47. The number of fused-ring (bicyclic) bond motifs is 1. The topological polar surface area (TPSA) is 83.8 Å². The second-order valence-corrected chi connectivity index (χ2v) is 8.29. The van der Waals surface area contributed by atoms with Gasteiger partial charge in [-0.15, -0.1) is 0 Å². The van der Waals surface area contributed by atoms with E-state index in [1.807, 2.05) is 23.1 Å². The zero-order valence-electron chi connectivity index (χ0n) is 18.1. The average molecular weight is 457 g/mol. The Morgan fingerprint density at radius 2 is 1.56 bits per heavy atom. The summed E-state index contributed by atoms with van der Waals surface area (Å²) in [5.41, 5.74) is 3.77. The molecule has 3 aromatic rings. The number of hydrogen-bond donors (Lipinski definition) is 0. The van der Waals surface area contributed by atoms with Crippen molar-refractivity contribution >= 4 is 23.1 Å². The first-order valence-corrected chi connectivity index (χ1v) is 10.8. The Morgan fingerprint density at radius 3 is 2.24 bits per heavy atom. The van der Waals surface area contributed by atoms with Crippen LogP contribution in [-0.4, -0.2) is 33.1 Å². The summed E-state index contributed by atoms with van der Waals surface area (Å²) in [6.45, 7) is 1.04. The van der Waals surface area contributed by atoms with Crippen molar-refractivity contribution in [1.29, 1.82) is 0 Å². The maximum atomic E-state index is 13.6. The highest BCUT2D eigenvalue weighted by Crippen LogP contribution is 2.35. The number of carbonyl (C=O) groups excluding carboxylic acids is 2. The maximum Gasteiger partial charge on any atom is 0.278 e. The van der Waals surface area contributed by atoms with Gasteiger partial charge >= 0.3 is 0 Å². The van der Waals surface area contributed by atoms with Gasteiger partial charge in [-0.05, 0) is 52.9 Å². The van der Waals surface area contributed by atoms with Crippen LogP contribution in [0.1, 0.15) is 22.3 Å². The normalized spacial score (nSPS) is 15.7. The summed E-state index contributed by atoms with van der Waals surface area (Å²) in [7, 11) is 0. The Balaban J connectivity index is 1.55. The third-order valence-corrected chi connectivity index (χ3v) is 6.21. The van der Waals surface area contributed by atoms with Gasteiger partial charge in [0.15, 0.2) is 0 Å². The van der Waals surface area contributed by atoms with Gasteiger partial charge in [0.25, 0.3) is 17.5 Å². The van der Waals surface area contributed by atoms with Crippen molar-refractivity contribution in [2.75, 3.05) is 6.54 Å². The number of nitro benzene ring substituents is 1. The van der Waals surface area contributed by atoms with E-state index in [0.717, 1.165) is 16.9 Å². The third-order valence-electron chi connectivity index (χ3n) is 6.21. The average Bonchev–Trinajstić information content (AvgIpc) is 3.10. The molecule has 0 aliphatic carbocycles. The van der Waals surface area contributed by atoms with Gasteiger partial charge in [-0.3, -0.25) is 24.6 Å². The molecule has 8 heteroatoms. The summed E-state index contributed by atoms with van der Waals surface area (Å²) in [5.74, 6) is -1.31. The molecule has 34 heavy (non-hydrogen) atoms. The number of imide groups is 1. The maximum absolute atomic E-state index is 13.6. The molecule has 2 heterocycles. The van der Waals surface area contributed by atoms with Gasteiger partial charge < -0.3 is 4.90 Å². The van der Waals surface area contributed by atoms with E-state index >= 15 is 0 Å². The van der Waals surface area contributed by atoms with Gasteiger partial charge in [-0.2, -0.15) is 0 Å². The molecule has 170 valence electrons. The van der Waals surface area contributed by atoms with Crippen molar-refractivity contribution in [3.05, 3.63) is 117 Å². The number of benzene rings is 3. The number of nitro groups is 1. The van der Waals surface area contributed by atoms with Crippen LogP contribution < -0.4 is 0 Å². The second kappa shape index (κ2) is 8.55. The largest absolute Gasteiger partial charge is 0.362 e. The molecule has 0 saturated carbocycles. The summed E-state index contributed by atoms with van der Waals surface area (Å²) in [6, 6.07) is 19.3. The smallest absolute Gasteiger partial charge is 0.278 e. The molecule has 0 bridgehead atoms. The minimum atomic E-state index is -0.511. The van der Waals surface area contributed by atoms with Crippen LogP contribution in [0, 0.1) is 15.9 Å². The number of hydrogen-bond acceptors (Lipinski definition) is 5. The third kappa shape index (κ3) is 3.83. The van der Waals surface area contributed by atoms with Gasteiger partial charge in [-0.1, -0.05) is 36.4 Å². The number of nitrogens with zero attached hydrogens (tertiary/aromatic N) is 3. The number of rotatable bonds is 5. The van der Waals surface area contributed by atoms with Gasteiger partial charge in [-0.25, -0.2) is 4.39 Å². The van der Waals surface area contributed by atoms with Gasteiger partial charge in [0.05, 0.1) is 17.0 Å². The van der Waals surface area contributed by atoms with Crippen LogP contribution in [0.4, 0.5) is 10.1 Å². The predicted molar refractivity (Wildman–Crippen MR) is 123 cm³/mol. The van der Waals surface area contributed by atoms with E-state index in [0.29, 0.717) is 24.2 Å². The quantitative estimate of drug-likeness (QED) is 0.328. The first-order valence-electron chi connectivity index (χ1n) is 10.8. The highest BCUT2D eigenvalue weighted by atomic mass is 19.1. The lowest BCUT2D eigenvalue weighted by molar-refractivity contribution is -0.384. The van der Waals surface area contributed by atoms with Crippen molar-refractivity contribution < 1.29 is 18.9 Å². The summed E-state index contributed by atoms with van der Waals surface area (Å²) >= 11 is 0. The molecule has 0 saturated heterocycles. The molecule has 0 N–H and O–H groups in total. The van der Waals surface area contributed by atoms with Crippen molar-refractivity contribution in [3.8, 4) is 0 Å². The van der Waals surface area contributed by atoms with Crippen LogP contribution in [-0.2, 0) is 29.1 Å². The molecular formula is C26H20FN3O4. The number of amides is 2. The van der Waals surface area contributed by atoms with Crippen molar-refractivity contribution in [3.63, 3.8) is 0 Å². The van der Waals surface area contributed by atoms with Crippen LogP contribution in [0.5, 0.6) is 0 Å². The Labute approximate surface area is 194 Å².